The molecule has 1 rings (SSSR count). The smallest absolute Gasteiger partial charge is 0.339 e. The average molecular weight is 242 g/mol. The summed E-state index contributed by atoms with van der Waals surface area (Å²) in [4.78, 5) is 11.3. The van der Waals surface area contributed by atoms with E-state index in [1.165, 1.54) is 26.2 Å². The van der Waals surface area contributed by atoms with Gasteiger partial charge >= 0.3 is 5.97 Å². The zero-order chi connectivity index (χ0) is 13.0. The molecule has 1 aromatic carbocycles. The van der Waals surface area contributed by atoms with Crippen molar-refractivity contribution in [1.82, 2.24) is 0 Å². The second-order valence-corrected chi connectivity index (χ2v) is 3.50. The van der Waals surface area contributed by atoms with Crippen LogP contribution in [0.5, 0.6) is 5.75 Å². The van der Waals surface area contributed by atoms with Gasteiger partial charge in [0, 0.05) is 5.56 Å². The lowest BCUT2D eigenvalue weighted by Gasteiger charge is -2.13. The van der Waals surface area contributed by atoms with Crippen LogP contribution in [-0.4, -0.2) is 24.8 Å². The molecule has 0 amide bonds. The fourth-order valence-electron chi connectivity index (χ4n) is 1.43. The number of aliphatic hydroxyl groups is 1. The quantitative estimate of drug-likeness (QED) is 0.817. The van der Waals surface area contributed by atoms with E-state index < -0.39 is 17.9 Å². The predicted octanol–water partition coefficient (Wildman–Crippen LogP) is 1.74. The number of methoxy groups -OCH3 is 1. The van der Waals surface area contributed by atoms with E-state index in [-0.39, 0.29) is 12.2 Å². The van der Waals surface area contributed by atoms with Crippen molar-refractivity contribution in [2.75, 3.05) is 13.7 Å². The molecule has 0 fully saturated rings. The fourth-order valence-corrected chi connectivity index (χ4v) is 1.43. The summed E-state index contributed by atoms with van der Waals surface area (Å²) in [5, 5.41) is 9.68. The van der Waals surface area contributed by atoms with Crippen LogP contribution in [0, 0.1) is 12.7 Å². The van der Waals surface area contributed by atoms with Gasteiger partial charge in [-0.15, -0.1) is 0 Å². The fraction of sp³-hybridized carbons (Fsp3) is 0.417. The standard InChI is InChI=1S/C12H15FO4/c1-4-17-12(15)11(14)9-6-8(16-3)5-7(2)10(9)13/h5-6,11,14H,4H2,1-3H3. The molecule has 0 saturated carbocycles. The van der Waals surface area contributed by atoms with E-state index in [0.717, 1.165) is 0 Å². The van der Waals surface area contributed by atoms with Crippen molar-refractivity contribution in [3.63, 3.8) is 0 Å². The van der Waals surface area contributed by atoms with Gasteiger partial charge < -0.3 is 14.6 Å². The molecule has 0 spiro atoms. The molecular weight excluding hydrogens is 227 g/mol. The van der Waals surface area contributed by atoms with Crippen LogP contribution in [0.4, 0.5) is 4.39 Å². The summed E-state index contributed by atoms with van der Waals surface area (Å²) in [6.07, 6.45) is -1.64. The van der Waals surface area contributed by atoms with Crippen LogP contribution in [0.25, 0.3) is 0 Å². The van der Waals surface area contributed by atoms with Gasteiger partial charge in [0.1, 0.15) is 11.6 Å². The Kier molecular flexibility index (Phi) is 4.45. The zero-order valence-electron chi connectivity index (χ0n) is 9.99. The topological polar surface area (TPSA) is 55.8 Å². The van der Waals surface area contributed by atoms with Crippen molar-refractivity contribution in [3.8, 4) is 5.75 Å². The molecule has 0 aliphatic rings. The second kappa shape index (κ2) is 5.63. The molecule has 0 aromatic heterocycles. The summed E-state index contributed by atoms with van der Waals surface area (Å²) in [7, 11) is 1.42. The highest BCUT2D eigenvalue weighted by molar-refractivity contribution is 5.76. The summed E-state index contributed by atoms with van der Waals surface area (Å²) in [6.45, 7) is 3.26. The van der Waals surface area contributed by atoms with Crippen LogP contribution >= 0.6 is 0 Å². The zero-order valence-corrected chi connectivity index (χ0v) is 9.99. The molecule has 0 bridgehead atoms. The maximum Gasteiger partial charge on any atom is 0.339 e. The van der Waals surface area contributed by atoms with Crippen LogP contribution in [-0.2, 0) is 9.53 Å². The Morgan fingerprint density at radius 1 is 1.53 bits per heavy atom. The number of carbonyl (C=O) groups excluding carboxylic acids is 1. The minimum Gasteiger partial charge on any atom is -0.497 e. The number of carbonyl (C=O) groups is 1. The minimum absolute atomic E-state index is 0.125. The summed E-state index contributed by atoms with van der Waals surface area (Å²) in [5.41, 5.74) is 0.156. The number of rotatable bonds is 4. The van der Waals surface area contributed by atoms with Gasteiger partial charge in [0.05, 0.1) is 13.7 Å². The Morgan fingerprint density at radius 3 is 2.71 bits per heavy atom. The van der Waals surface area contributed by atoms with Gasteiger partial charge in [0.15, 0.2) is 6.10 Å². The highest BCUT2D eigenvalue weighted by atomic mass is 19.1. The number of esters is 1. The van der Waals surface area contributed by atoms with E-state index in [2.05, 4.69) is 4.74 Å². The highest BCUT2D eigenvalue weighted by Crippen LogP contribution is 2.26. The first-order valence-corrected chi connectivity index (χ1v) is 5.20. The summed E-state index contributed by atoms with van der Waals surface area (Å²) < 4.78 is 23.3. The van der Waals surface area contributed by atoms with E-state index >= 15 is 0 Å². The molecule has 0 heterocycles. The van der Waals surface area contributed by atoms with E-state index in [4.69, 9.17) is 4.74 Å². The van der Waals surface area contributed by atoms with Crippen molar-refractivity contribution in [2.24, 2.45) is 0 Å². The molecule has 1 atom stereocenters. The second-order valence-electron chi connectivity index (χ2n) is 3.50. The largest absolute Gasteiger partial charge is 0.497 e. The Labute approximate surface area is 99.0 Å². The van der Waals surface area contributed by atoms with E-state index in [1.807, 2.05) is 0 Å². The number of ether oxygens (including phenoxy) is 2. The first kappa shape index (κ1) is 13.4. The first-order valence-electron chi connectivity index (χ1n) is 5.20. The van der Waals surface area contributed by atoms with E-state index in [0.29, 0.717) is 11.3 Å². The van der Waals surface area contributed by atoms with Crippen LogP contribution in [0.1, 0.15) is 24.2 Å². The molecule has 0 saturated heterocycles. The third kappa shape index (κ3) is 2.94. The van der Waals surface area contributed by atoms with Crippen LogP contribution in [0.15, 0.2) is 12.1 Å². The Bertz CT molecular complexity index is 417. The maximum absolute atomic E-state index is 13.7. The van der Waals surface area contributed by atoms with Gasteiger partial charge in [-0.25, -0.2) is 9.18 Å². The third-order valence-corrected chi connectivity index (χ3v) is 2.30. The first-order chi connectivity index (χ1) is 8.01. The SMILES string of the molecule is CCOC(=O)C(O)c1cc(OC)cc(C)c1F. The van der Waals surface area contributed by atoms with Crippen molar-refractivity contribution in [3.05, 3.63) is 29.1 Å². The lowest BCUT2D eigenvalue weighted by Crippen LogP contribution is -2.17. The van der Waals surface area contributed by atoms with Crippen LogP contribution < -0.4 is 4.74 Å². The highest BCUT2D eigenvalue weighted by Gasteiger charge is 2.24. The van der Waals surface area contributed by atoms with Crippen molar-refractivity contribution in [1.29, 1.82) is 0 Å². The normalized spacial score (nSPS) is 12.1. The Morgan fingerprint density at radius 2 is 2.18 bits per heavy atom. The monoisotopic (exact) mass is 242 g/mol. The Hall–Kier alpha value is -1.62. The summed E-state index contributed by atoms with van der Waals surface area (Å²) in [5.74, 6) is -1.13. The van der Waals surface area contributed by atoms with Crippen LogP contribution in [0.3, 0.4) is 0 Å². The molecule has 0 radical (unpaired) electrons. The van der Waals surface area contributed by atoms with Crippen molar-refractivity contribution >= 4 is 5.97 Å². The maximum atomic E-state index is 13.7. The van der Waals surface area contributed by atoms with Crippen LogP contribution in [0.2, 0.25) is 0 Å². The summed E-state index contributed by atoms with van der Waals surface area (Å²) >= 11 is 0. The van der Waals surface area contributed by atoms with Gasteiger partial charge in [-0.05, 0) is 31.5 Å². The van der Waals surface area contributed by atoms with Crippen molar-refractivity contribution in [2.45, 2.75) is 20.0 Å². The van der Waals surface area contributed by atoms with Gasteiger partial charge in [-0.2, -0.15) is 0 Å². The van der Waals surface area contributed by atoms with Gasteiger partial charge in [0.25, 0.3) is 0 Å². The predicted molar refractivity (Wildman–Crippen MR) is 59.3 cm³/mol. The number of halogens is 1. The van der Waals surface area contributed by atoms with Gasteiger partial charge in [-0.1, -0.05) is 0 Å². The number of hydrogen-bond donors (Lipinski definition) is 1. The van der Waals surface area contributed by atoms with Crippen molar-refractivity contribution < 1.29 is 23.8 Å². The molecule has 0 aliphatic carbocycles. The molecule has 5 heteroatoms. The number of aliphatic hydroxyl groups excluding tert-OH is 1. The molecule has 1 unspecified atom stereocenters. The molecule has 0 aliphatic heterocycles. The van der Waals surface area contributed by atoms with Gasteiger partial charge in [-0.3, -0.25) is 0 Å². The molecule has 1 aromatic rings. The molecule has 17 heavy (non-hydrogen) atoms. The van der Waals surface area contributed by atoms with Gasteiger partial charge in [0.2, 0.25) is 0 Å². The molecule has 4 nitrogen and oxygen atoms in total. The molecule has 1 N–H and O–H groups in total. The molecular formula is C12H15FO4. The lowest BCUT2D eigenvalue weighted by atomic mass is 10.0. The number of hydrogen-bond acceptors (Lipinski definition) is 4. The number of aryl methyl sites for hydroxylation is 1. The lowest BCUT2D eigenvalue weighted by molar-refractivity contribution is -0.153. The number of benzene rings is 1. The summed E-state index contributed by atoms with van der Waals surface area (Å²) in [6, 6.07) is 2.76. The average Bonchev–Trinajstić information content (AvgIpc) is 2.31. The van der Waals surface area contributed by atoms with E-state index in [9.17, 15) is 14.3 Å². The molecule has 94 valence electrons. The third-order valence-electron chi connectivity index (χ3n) is 2.30. The van der Waals surface area contributed by atoms with E-state index in [1.54, 1.807) is 6.92 Å². The Balaban J connectivity index is 3.11. The minimum atomic E-state index is -1.64.